The van der Waals surface area contributed by atoms with E-state index in [0.717, 1.165) is 51.6 Å². The zero-order chi connectivity index (χ0) is 15.1. The molecule has 0 radical (unpaired) electrons. The SMILES string of the molecule is COCC(C)NCCN1CCN(c2ccc(F)cc2)CC1. The van der Waals surface area contributed by atoms with Crippen LogP contribution in [-0.2, 0) is 4.74 Å². The van der Waals surface area contributed by atoms with Gasteiger partial charge in [-0.3, -0.25) is 4.90 Å². The first-order chi connectivity index (χ1) is 10.2. The van der Waals surface area contributed by atoms with Crippen molar-refractivity contribution in [2.24, 2.45) is 0 Å². The Labute approximate surface area is 126 Å². The lowest BCUT2D eigenvalue weighted by atomic mass is 10.2. The number of anilines is 1. The first-order valence-electron chi connectivity index (χ1n) is 7.64. The molecule has 1 aliphatic rings. The first-order valence-corrected chi connectivity index (χ1v) is 7.64. The molecule has 1 fully saturated rings. The average Bonchev–Trinajstić information content (AvgIpc) is 2.49. The lowest BCUT2D eigenvalue weighted by Gasteiger charge is -2.36. The molecule has 2 rings (SSSR count). The van der Waals surface area contributed by atoms with Gasteiger partial charge in [-0.15, -0.1) is 0 Å². The summed E-state index contributed by atoms with van der Waals surface area (Å²) in [6, 6.07) is 7.18. The molecule has 1 saturated heterocycles. The Morgan fingerprint density at radius 3 is 2.48 bits per heavy atom. The number of nitrogens with one attached hydrogen (secondary N) is 1. The fourth-order valence-electron chi connectivity index (χ4n) is 2.66. The molecule has 1 unspecified atom stereocenters. The Bertz CT molecular complexity index is 404. The van der Waals surface area contributed by atoms with E-state index in [1.807, 2.05) is 12.1 Å². The molecular formula is C16H26FN3O. The molecular weight excluding hydrogens is 269 g/mol. The van der Waals surface area contributed by atoms with E-state index >= 15 is 0 Å². The van der Waals surface area contributed by atoms with E-state index in [4.69, 9.17) is 4.74 Å². The van der Waals surface area contributed by atoms with Gasteiger partial charge in [0, 0.05) is 58.1 Å². The minimum absolute atomic E-state index is 0.173. The summed E-state index contributed by atoms with van der Waals surface area (Å²) in [6.45, 7) is 9.04. The van der Waals surface area contributed by atoms with Crippen molar-refractivity contribution in [3.05, 3.63) is 30.1 Å². The van der Waals surface area contributed by atoms with Crippen molar-refractivity contribution in [3.8, 4) is 0 Å². The number of nitrogens with zero attached hydrogens (tertiary/aromatic N) is 2. The Morgan fingerprint density at radius 1 is 1.19 bits per heavy atom. The van der Waals surface area contributed by atoms with E-state index in [0.29, 0.717) is 6.04 Å². The minimum atomic E-state index is -0.173. The third-order valence-corrected chi connectivity index (χ3v) is 3.90. The van der Waals surface area contributed by atoms with Crippen LogP contribution in [-0.4, -0.2) is 63.9 Å². The lowest BCUT2D eigenvalue weighted by molar-refractivity contribution is 0.168. The maximum atomic E-state index is 12.9. The lowest BCUT2D eigenvalue weighted by Crippen LogP contribution is -2.48. The molecule has 1 heterocycles. The normalized spacial score (nSPS) is 18.0. The second-order valence-electron chi connectivity index (χ2n) is 5.62. The smallest absolute Gasteiger partial charge is 0.123 e. The van der Waals surface area contributed by atoms with Crippen LogP contribution < -0.4 is 10.2 Å². The zero-order valence-electron chi connectivity index (χ0n) is 13.0. The molecule has 0 bridgehead atoms. The number of halogens is 1. The van der Waals surface area contributed by atoms with E-state index in [2.05, 4.69) is 22.0 Å². The summed E-state index contributed by atoms with van der Waals surface area (Å²) in [5.41, 5.74) is 1.11. The van der Waals surface area contributed by atoms with Crippen LogP contribution in [0, 0.1) is 5.82 Å². The van der Waals surface area contributed by atoms with Gasteiger partial charge in [0.2, 0.25) is 0 Å². The van der Waals surface area contributed by atoms with Crippen molar-refractivity contribution < 1.29 is 9.13 Å². The highest BCUT2D eigenvalue weighted by Crippen LogP contribution is 2.16. The summed E-state index contributed by atoms with van der Waals surface area (Å²) in [4.78, 5) is 4.78. The molecule has 1 N–H and O–H groups in total. The fourth-order valence-corrected chi connectivity index (χ4v) is 2.66. The van der Waals surface area contributed by atoms with E-state index in [1.165, 1.54) is 12.1 Å². The van der Waals surface area contributed by atoms with Gasteiger partial charge >= 0.3 is 0 Å². The Kier molecular flexibility index (Phi) is 6.42. The van der Waals surface area contributed by atoms with Crippen molar-refractivity contribution in [1.82, 2.24) is 10.2 Å². The summed E-state index contributed by atoms with van der Waals surface area (Å²) in [5, 5.41) is 3.46. The summed E-state index contributed by atoms with van der Waals surface area (Å²) in [5.74, 6) is -0.173. The summed E-state index contributed by atoms with van der Waals surface area (Å²) >= 11 is 0. The molecule has 1 aromatic rings. The second-order valence-corrected chi connectivity index (χ2v) is 5.62. The summed E-state index contributed by atoms with van der Waals surface area (Å²) < 4.78 is 18.0. The van der Waals surface area contributed by atoms with Crippen molar-refractivity contribution in [2.75, 3.05) is 57.9 Å². The van der Waals surface area contributed by atoms with Crippen molar-refractivity contribution in [3.63, 3.8) is 0 Å². The summed E-state index contributed by atoms with van der Waals surface area (Å²) in [7, 11) is 1.73. The Balaban J connectivity index is 1.67. The molecule has 4 nitrogen and oxygen atoms in total. The van der Waals surface area contributed by atoms with Crippen molar-refractivity contribution in [1.29, 1.82) is 0 Å². The van der Waals surface area contributed by atoms with Gasteiger partial charge in [-0.25, -0.2) is 4.39 Å². The van der Waals surface area contributed by atoms with E-state index in [9.17, 15) is 4.39 Å². The van der Waals surface area contributed by atoms with Crippen LogP contribution in [0.2, 0.25) is 0 Å². The topological polar surface area (TPSA) is 27.7 Å². The van der Waals surface area contributed by atoms with Crippen LogP contribution in [0.4, 0.5) is 10.1 Å². The molecule has 21 heavy (non-hydrogen) atoms. The van der Waals surface area contributed by atoms with Crippen LogP contribution in [0.1, 0.15) is 6.92 Å². The van der Waals surface area contributed by atoms with Crippen LogP contribution in [0.15, 0.2) is 24.3 Å². The number of methoxy groups -OCH3 is 1. The standard InChI is InChI=1S/C16H26FN3O/c1-14(13-21-2)18-7-8-19-9-11-20(12-10-19)16-5-3-15(17)4-6-16/h3-6,14,18H,7-13H2,1-2H3. The average molecular weight is 295 g/mol. The number of rotatable bonds is 7. The highest BCUT2D eigenvalue weighted by molar-refractivity contribution is 5.46. The maximum Gasteiger partial charge on any atom is 0.123 e. The molecule has 1 aliphatic heterocycles. The fraction of sp³-hybridized carbons (Fsp3) is 0.625. The van der Waals surface area contributed by atoms with E-state index in [-0.39, 0.29) is 5.82 Å². The minimum Gasteiger partial charge on any atom is -0.383 e. The molecule has 118 valence electrons. The molecule has 0 amide bonds. The second kappa shape index (κ2) is 8.32. The molecule has 1 aromatic carbocycles. The molecule has 0 aliphatic carbocycles. The largest absolute Gasteiger partial charge is 0.383 e. The predicted octanol–water partition coefficient (Wildman–Crippen LogP) is 1.57. The number of ether oxygens (including phenoxy) is 1. The van der Waals surface area contributed by atoms with E-state index in [1.54, 1.807) is 7.11 Å². The van der Waals surface area contributed by atoms with Gasteiger partial charge < -0.3 is 15.0 Å². The third kappa shape index (κ3) is 5.26. The summed E-state index contributed by atoms with van der Waals surface area (Å²) in [6.07, 6.45) is 0. The van der Waals surface area contributed by atoms with Gasteiger partial charge in [0.25, 0.3) is 0 Å². The van der Waals surface area contributed by atoms with Crippen molar-refractivity contribution in [2.45, 2.75) is 13.0 Å². The highest BCUT2D eigenvalue weighted by Gasteiger charge is 2.16. The number of benzene rings is 1. The zero-order valence-corrected chi connectivity index (χ0v) is 13.0. The first kappa shape index (κ1) is 16.2. The molecule has 0 saturated carbocycles. The van der Waals surface area contributed by atoms with Crippen molar-refractivity contribution >= 4 is 5.69 Å². The van der Waals surface area contributed by atoms with Crippen LogP contribution in [0.5, 0.6) is 0 Å². The van der Waals surface area contributed by atoms with Gasteiger partial charge in [0.15, 0.2) is 0 Å². The van der Waals surface area contributed by atoms with Crippen LogP contribution >= 0.6 is 0 Å². The third-order valence-electron chi connectivity index (χ3n) is 3.90. The number of hydrogen-bond donors (Lipinski definition) is 1. The molecule has 1 atom stereocenters. The monoisotopic (exact) mass is 295 g/mol. The number of piperazine rings is 1. The Hall–Kier alpha value is -1.17. The van der Waals surface area contributed by atoms with Gasteiger partial charge in [-0.05, 0) is 31.2 Å². The van der Waals surface area contributed by atoms with Crippen LogP contribution in [0.25, 0.3) is 0 Å². The Morgan fingerprint density at radius 2 is 1.86 bits per heavy atom. The molecule has 5 heteroatoms. The van der Waals surface area contributed by atoms with Gasteiger partial charge in [-0.1, -0.05) is 0 Å². The quantitative estimate of drug-likeness (QED) is 0.826. The van der Waals surface area contributed by atoms with Gasteiger partial charge in [0.1, 0.15) is 5.82 Å². The van der Waals surface area contributed by atoms with Gasteiger partial charge in [0.05, 0.1) is 6.61 Å². The molecule has 0 aromatic heterocycles. The predicted molar refractivity (Wildman–Crippen MR) is 84.4 cm³/mol. The highest BCUT2D eigenvalue weighted by atomic mass is 19.1. The molecule has 0 spiro atoms. The van der Waals surface area contributed by atoms with E-state index < -0.39 is 0 Å². The number of hydrogen-bond acceptors (Lipinski definition) is 4. The maximum absolute atomic E-state index is 12.9. The van der Waals surface area contributed by atoms with Crippen LogP contribution in [0.3, 0.4) is 0 Å². The van der Waals surface area contributed by atoms with Gasteiger partial charge in [-0.2, -0.15) is 0 Å².